The second-order valence-corrected chi connectivity index (χ2v) is 6.13. The van der Waals surface area contributed by atoms with Crippen LogP contribution in [0.4, 0.5) is 11.4 Å². The van der Waals surface area contributed by atoms with Gasteiger partial charge in [-0.15, -0.1) is 5.10 Å². The van der Waals surface area contributed by atoms with Crippen molar-refractivity contribution in [3.8, 4) is 0 Å². The maximum absolute atomic E-state index is 9.16. The number of rotatable bonds is 3. The zero-order valence-electron chi connectivity index (χ0n) is 12.9. The topological polar surface area (TPSA) is 93.1 Å². The average molecular weight is 302 g/mol. The van der Waals surface area contributed by atoms with E-state index in [9.17, 15) is 0 Å². The molecule has 7 heteroatoms. The number of nitrogens with two attached hydrogens (primary N) is 1. The Balaban J connectivity index is 1.81. The predicted octanol–water partition coefficient (Wildman–Crippen LogP) is 1.08. The molecule has 118 valence electrons. The number of nitrogens with zero attached hydrogens (tertiary/aromatic N) is 5. The Morgan fingerprint density at radius 3 is 2.64 bits per heavy atom. The number of aliphatic hydroxyl groups excluding tert-OH is 1. The second kappa shape index (κ2) is 5.92. The molecule has 0 saturated carbocycles. The summed E-state index contributed by atoms with van der Waals surface area (Å²) in [5.41, 5.74) is 8.42. The van der Waals surface area contributed by atoms with Gasteiger partial charge in [0, 0.05) is 19.3 Å². The van der Waals surface area contributed by atoms with Gasteiger partial charge in [0.05, 0.1) is 36.4 Å². The van der Waals surface area contributed by atoms with E-state index in [-0.39, 0.29) is 12.6 Å². The fourth-order valence-corrected chi connectivity index (χ4v) is 3.48. The number of anilines is 2. The van der Waals surface area contributed by atoms with E-state index in [1.807, 2.05) is 16.9 Å². The summed E-state index contributed by atoms with van der Waals surface area (Å²) in [6.45, 7) is 6.15. The van der Waals surface area contributed by atoms with E-state index in [0.29, 0.717) is 23.2 Å². The van der Waals surface area contributed by atoms with Gasteiger partial charge in [0.15, 0.2) is 0 Å². The maximum Gasteiger partial charge on any atom is 0.108 e. The molecule has 1 fully saturated rings. The van der Waals surface area contributed by atoms with Crippen molar-refractivity contribution in [3.63, 3.8) is 0 Å². The Hall–Kier alpha value is -2.15. The van der Waals surface area contributed by atoms with Crippen molar-refractivity contribution in [1.29, 1.82) is 0 Å². The maximum atomic E-state index is 9.16. The summed E-state index contributed by atoms with van der Waals surface area (Å²) in [6, 6.07) is 2.24. The summed E-state index contributed by atoms with van der Waals surface area (Å²) < 4.78 is 1.90. The van der Waals surface area contributed by atoms with Crippen LogP contribution in [-0.2, 0) is 6.61 Å². The molecule has 3 N–H and O–H groups in total. The molecule has 0 radical (unpaired) electrons. The number of pyridine rings is 1. The summed E-state index contributed by atoms with van der Waals surface area (Å²) in [5, 5.41) is 17.3. The number of nitrogen functional groups attached to an aromatic ring is 1. The van der Waals surface area contributed by atoms with Gasteiger partial charge in [-0.3, -0.25) is 4.98 Å². The fourth-order valence-electron chi connectivity index (χ4n) is 3.48. The second-order valence-electron chi connectivity index (χ2n) is 6.13. The van der Waals surface area contributed by atoms with Gasteiger partial charge < -0.3 is 15.7 Å². The molecule has 0 amide bonds. The number of aromatic nitrogens is 4. The van der Waals surface area contributed by atoms with Crippen LogP contribution in [-0.4, -0.2) is 38.2 Å². The van der Waals surface area contributed by atoms with E-state index in [4.69, 9.17) is 10.8 Å². The Labute approximate surface area is 129 Å². The largest absolute Gasteiger partial charge is 0.396 e. The van der Waals surface area contributed by atoms with Gasteiger partial charge in [0.1, 0.15) is 5.69 Å². The van der Waals surface area contributed by atoms with Crippen LogP contribution in [0, 0.1) is 11.8 Å². The SMILES string of the molecule is C[C@@H]1CN(c2ccncc2N)C[C@H](C)C1n1cc(CO)nn1. The molecular formula is C15H22N6O. The van der Waals surface area contributed by atoms with Gasteiger partial charge in [-0.1, -0.05) is 19.1 Å². The molecule has 1 unspecified atom stereocenters. The molecule has 1 aliphatic heterocycles. The van der Waals surface area contributed by atoms with Crippen LogP contribution in [0.5, 0.6) is 0 Å². The summed E-state index contributed by atoms with van der Waals surface area (Å²) in [4.78, 5) is 6.37. The Morgan fingerprint density at radius 2 is 2.05 bits per heavy atom. The normalized spacial score (nSPS) is 25.4. The van der Waals surface area contributed by atoms with Gasteiger partial charge in [-0.2, -0.15) is 0 Å². The van der Waals surface area contributed by atoms with E-state index in [1.54, 1.807) is 12.4 Å². The number of hydrogen-bond donors (Lipinski definition) is 2. The molecule has 0 aromatic carbocycles. The standard InChI is InChI=1S/C15H22N6O/c1-10-6-20(14-3-4-17-5-13(14)16)7-11(2)15(10)21-8-12(9-22)18-19-21/h3-5,8,10-11,15,22H,6-7,9,16H2,1-2H3/t10-,11+,15?. The summed E-state index contributed by atoms with van der Waals surface area (Å²) in [6.07, 6.45) is 5.31. The Kier molecular flexibility index (Phi) is 3.98. The first kappa shape index (κ1) is 14.8. The third-order valence-corrected chi connectivity index (χ3v) is 4.38. The number of hydrogen-bond acceptors (Lipinski definition) is 6. The highest BCUT2D eigenvalue weighted by Gasteiger charge is 2.34. The molecule has 7 nitrogen and oxygen atoms in total. The average Bonchev–Trinajstić information content (AvgIpc) is 2.95. The molecular weight excluding hydrogens is 280 g/mol. The Bertz CT molecular complexity index is 630. The lowest BCUT2D eigenvalue weighted by molar-refractivity contribution is 0.203. The molecule has 0 aliphatic carbocycles. The zero-order valence-corrected chi connectivity index (χ0v) is 12.9. The molecule has 0 bridgehead atoms. The van der Waals surface area contributed by atoms with E-state index in [0.717, 1.165) is 18.8 Å². The molecule has 2 aromatic heterocycles. The van der Waals surface area contributed by atoms with Crippen molar-refractivity contribution in [2.24, 2.45) is 11.8 Å². The fraction of sp³-hybridized carbons (Fsp3) is 0.533. The van der Waals surface area contributed by atoms with Crippen molar-refractivity contribution in [2.75, 3.05) is 23.7 Å². The van der Waals surface area contributed by atoms with Crippen molar-refractivity contribution in [1.82, 2.24) is 20.0 Å². The van der Waals surface area contributed by atoms with Crippen molar-refractivity contribution >= 4 is 11.4 Å². The van der Waals surface area contributed by atoms with Gasteiger partial charge in [-0.05, 0) is 17.9 Å². The minimum Gasteiger partial charge on any atom is -0.396 e. The van der Waals surface area contributed by atoms with Crippen LogP contribution < -0.4 is 10.6 Å². The number of aliphatic hydroxyl groups is 1. The lowest BCUT2D eigenvalue weighted by Crippen LogP contribution is -2.45. The third kappa shape index (κ3) is 2.64. The lowest BCUT2D eigenvalue weighted by atomic mass is 9.85. The predicted molar refractivity (Wildman–Crippen MR) is 84.2 cm³/mol. The highest BCUT2D eigenvalue weighted by molar-refractivity contribution is 5.66. The quantitative estimate of drug-likeness (QED) is 0.881. The third-order valence-electron chi connectivity index (χ3n) is 4.38. The van der Waals surface area contributed by atoms with Gasteiger partial charge in [-0.25, -0.2) is 4.68 Å². The summed E-state index contributed by atoms with van der Waals surface area (Å²) >= 11 is 0. The molecule has 1 aliphatic rings. The van der Waals surface area contributed by atoms with Crippen LogP contribution >= 0.6 is 0 Å². The van der Waals surface area contributed by atoms with Crippen LogP contribution in [0.15, 0.2) is 24.7 Å². The van der Waals surface area contributed by atoms with E-state index in [2.05, 4.69) is 34.0 Å². The molecule has 0 spiro atoms. The van der Waals surface area contributed by atoms with Gasteiger partial charge in [0.2, 0.25) is 0 Å². The molecule has 3 rings (SSSR count). The first-order chi connectivity index (χ1) is 10.6. The molecule has 3 atom stereocenters. The van der Waals surface area contributed by atoms with Crippen molar-refractivity contribution in [3.05, 3.63) is 30.4 Å². The van der Waals surface area contributed by atoms with E-state index >= 15 is 0 Å². The van der Waals surface area contributed by atoms with Crippen LogP contribution in [0.1, 0.15) is 25.6 Å². The molecule has 1 saturated heterocycles. The first-order valence-electron chi connectivity index (χ1n) is 7.56. The van der Waals surface area contributed by atoms with Crippen molar-refractivity contribution in [2.45, 2.75) is 26.5 Å². The number of piperidine rings is 1. The van der Waals surface area contributed by atoms with Crippen LogP contribution in [0.3, 0.4) is 0 Å². The minimum absolute atomic E-state index is 0.0743. The van der Waals surface area contributed by atoms with E-state index < -0.39 is 0 Å². The smallest absolute Gasteiger partial charge is 0.108 e. The minimum atomic E-state index is -0.0743. The monoisotopic (exact) mass is 302 g/mol. The Morgan fingerprint density at radius 1 is 1.32 bits per heavy atom. The molecule has 3 heterocycles. The van der Waals surface area contributed by atoms with E-state index in [1.165, 1.54) is 0 Å². The highest BCUT2D eigenvalue weighted by atomic mass is 16.3. The first-order valence-corrected chi connectivity index (χ1v) is 7.56. The summed E-state index contributed by atoms with van der Waals surface area (Å²) in [5.74, 6) is 0.786. The molecule has 22 heavy (non-hydrogen) atoms. The molecule has 2 aromatic rings. The zero-order chi connectivity index (χ0) is 15.7. The lowest BCUT2D eigenvalue weighted by Gasteiger charge is -2.42. The highest BCUT2D eigenvalue weighted by Crippen LogP contribution is 2.35. The van der Waals surface area contributed by atoms with Crippen molar-refractivity contribution < 1.29 is 5.11 Å². The van der Waals surface area contributed by atoms with Crippen LogP contribution in [0.25, 0.3) is 0 Å². The van der Waals surface area contributed by atoms with Gasteiger partial charge in [0.25, 0.3) is 0 Å². The van der Waals surface area contributed by atoms with Gasteiger partial charge >= 0.3 is 0 Å². The van der Waals surface area contributed by atoms with Crippen LogP contribution in [0.2, 0.25) is 0 Å². The summed E-state index contributed by atoms with van der Waals surface area (Å²) in [7, 11) is 0.